The van der Waals surface area contributed by atoms with E-state index in [9.17, 15) is 9.90 Å². The number of carbonyl (C=O) groups is 1. The summed E-state index contributed by atoms with van der Waals surface area (Å²) in [5, 5.41) is 15.9. The molecule has 1 aliphatic heterocycles. The summed E-state index contributed by atoms with van der Waals surface area (Å²) in [6, 6.07) is 9.38. The maximum Gasteiger partial charge on any atom is 0.224 e. The molecule has 1 spiro atoms. The van der Waals surface area contributed by atoms with Gasteiger partial charge in [-0.2, -0.15) is 0 Å². The quantitative estimate of drug-likeness (QED) is 0.774. The second-order valence-corrected chi connectivity index (χ2v) is 6.02. The van der Waals surface area contributed by atoms with Crippen LogP contribution in [0.3, 0.4) is 0 Å². The first-order chi connectivity index (χ1) is 9.75. The molecule has 2 fully saturated rings. The Morgan fingerprint density at radius 3 is 2.70 bits per heavy atom. The van der Waals surface area contributed by atoms with Crippen LogP contribution in [0.5, 0.6) is 0 Å². The minimum atomic E-state index is -0.289. The van der Waals surface area contributed by atoms with Gasteiger partial charge in [0.15, 0.2) is 0 Å². The molecule has 1 amide bonds. The number of hydrogen-bond donors (Lipinski definition) is 3. The van der Waals surface area contributed by atoms with Gasteiger partial charge in [0.05, 0.1) is 12.6 Å². The Kier molecular flexibility index (Phi) is 3.76. The molecule has 1 heterocycles. The predicted molar refractivity (Wildman–Crippen MR) is 77.1 cm³/mol. The van der Waals surface area contributed by atoms with E-state index >= 15 is 0 Å². The third-order valence-electron chi connectivity index (χ3n) is 4.81. The fraction of sp³-hybridized carbons (Fsp3) is 0.562. The second kappa shape index (κ2) is 5.54. The summed E-state index contributed by atoms with van der Waals surface area (Å²) in [5.74, 6) is 0.247. The predicted octanol–water partition coefficient (Wildman–Crippen LogP) is 1.23. The van der Waals surface area contributed by atoms with Crippen LogP contribution in [0.15, 0.2) is 30.3 Å². The number of nitrogens with one attached hydrogen (secondary N) is 2. The van der Waals surface area contributed by atoms with Crippen molar-refractivity contribution in [1.29, 1.82) is 0 Å². The largest absolute Gasteiger partial charge is 0.394 e. The Morgan fingerprint density at radius 1 is 1.35 bits per heavy atom. The molecular formula is C16H22N2O2. The molecule has 1 saturated heterocycles. The van der Waals surface area contributed by atoms with Gasteiger partial charge in [0.25, 0.3) is 0 Å². The van der Waals surface area contributed by atoms with Crippen LogP contribution in [0.4, 0.5) is 0 Å². The van der Waals surface area contributed by atoms with Crippen molar-refractivity contribution in [2.24, 2.45) is 11.3 Å². The van der Waals surface area contributed by atoms with Gasteiger partial charge in [0, 0.05) is 5.92 Å². The van der Waals surface area contributed by atoms with Crippen LogP contribution < -0.4 is 10.6 Å². The zero-order valence-corrected chi connectivity index (χ0v) is 11.6. The maximum absolute atomic E-state index is 12.4. The van der Waals surface area contributed by atoms with Crippen LogP contribution in [0.2, 0.25) is 0 Å². The van der Waals surface area contributed by atoms with E-state index in [1.807, 2.05) is 30.3 Å². The number of amides is 1. The molecule has 1 aromatic rings. The van der Waals surface area contributed by atoms with Crippen molar-refractivity contribution in [1.82, 2.24) is 10.6 Å². The molecule has 2 aliphatic rings. The third kappa shape index (κ3) is 2.58. The zero-order chi connectivity index (χ0) is 14.0. The molecule has 0 radical (unpaired) electrons. The van der Waals surface area contributed by atoms with E-state index in [1.165, 1.54) is 0 Å². The number of carbonyl (C=O) groups excluding carboxylic acids is 1. The minimum absolute atomic E-state index is 0.0585. The number of hydrogen-bond acceptors (Lipinski definition) is 3. The molecule has 1 saturated carbocycles. The molecule has 3 N–H and O–H groups in total. The average Bonchev–Trinajstić information content (AvgIpc) is 3.19. The maximum atomic E-state index is 12.4. The summed E-state index contributed by atoms with van der Waals surface area (Å²) in [6.45, 7) is 1.98. The molecule has 1 aliphatic carbocycles. The SMILES string of the molecule is O=C(N[C@@H](CO)c1ccccc1)C1CC12CCNCC2. The average molecular weight is 274 g/mol. The van der Waals surface area contributed by atoms with Crippen LogP contribution >= 0.6 is 0 Å². The van der Waals surface area contributed by atoms with Crippen molar-refractivity contribution in [3.63, 3.8) is 0 Å². The van der Waals surface area contributed by atoms with E-state index in [0.29, 0.717) is 0 Å². The zero-order valence-electron chi connectivity index (χ0n) is 11.6. The van der Waals surface area contributed by atoms with Gasteiger partial charge in [-0.05, 0) is 43.3 Å². The van der Waals surface area contributed by atoms with E-state index in [4.69, 9.17) is 0 Å². The lowest BCUT2D eigenvalue weighted by Gasteiger charge is -2.24. The van der Waals surface area contributed by atoms with Crippen molar-refractivity contribution in [3.05, 3.63) is 35.9 Å². The Hall–Kier alpha value is -1.39. The van der Waals surface area contributed by atoms with Crippen molar-refractivity contribution < 1.29 is 9.90 Å². The Labute approximate surface area is 119 Å². The summed E-state index contributed by atoms with van der Waals surface area (Å²) >= 11 is 0. The van der Waals surface area contributed by atoms with E-state index in [1.54, 1.807) is 0 Å². The summed E-state index contributed by atoms with van der Waals surface area (Å²) in [6.07, 6.45) is 3.20. The van der Waals surface area contributed by atoms with Crippen LogP contribution in [0.1, 0.15) is 30.9 Å². The first kappa shape index (κ1) is 13.6. The summed E-state index contributed by atoms with van der Waals surface area (Å²) < 4.78 is 0. The number of rotatable bonds is 4. The highest BCUT2D eigenvalue weighted by atomic mass is 16.3. The summed E-state index contributed by atoms with van der Waals surface area (Å²) in [5.41, 5.74) is 1.20. The number of benzene rings is 1. The number of aliphatic hydroxyl groups is 1. The smallest absolute Gasteiger partial charge is 0.224 e. The summed E-state index contributed by atoms with van der Waals surface area (Å²) in [4.78, 5) is 12.4. The Bertz CT molecular complexity index is 469. The van der Waals surface area contributed by atoms with Crippen LogP contribution in [-0.4, -0.2) is 30.7 Å². The normalized spacial score (nSPS) is 25.1. The lowest BCUT2D eigenvalue weighted by atomic mass is 9.91. The molecule has 4 nitrogen and oxygen atoms in total. The third-order valence-corrected chi connectivity index (χ3v) is 4.81. The Morgan fingerprint density at radius 2 is 2.05 bits per heavy atom. The highest BCUT2D eigenvalue weighted by molar-refractivity contribution is 5.83. The standard InChI is InChI=1S/C16H22N2O2/c19-11-14(12-4-2-1-3-5-12)18-15(20)13-10-16(13)6-8-17-9-7-16/h1-5,13-14,17,19H,6-11H2,(H,18,20)/t13?,14-/m0/s1. The highest BCUT2D eigenvalue weighted by Crippen LogP contribution is 2.58. The molecule has 108 valence electrons. The van der Waals surface area contributed by atoms with Gasteiger partial charge in [-0.15, -0.1) is 0 Å². The van der Waals surface area contributed by atoms with Gasteiger partial charge in [-0.25, -0.2) is 0 Å². The molecule has 20 heavy (non-hydrogen) atoms. The lowest BCUT2D eigenvalue weighted by Crippen LogP contribution is -2.36. The van der Waals surface area contributed by atoms with Gasteiger partial charge in [0.2, 0.25) is 5.91 Å². The van der Waals surface area contributed by atoms with E-state index in [2.05, 4.69) is 10.6 Å². The molecule has 3 rings (SSSR count). The van der Waals surface area contributed by atoms with E-state index in [0.717, 1.165) is 37.9 Å². The summed E-state index contributed by atoms with van der Waals surface area (Å²) in [7, 11) is 0. The first-order valence-electron chi connectivity index (χ1n) is 7.42. The number of aliphatic hydroxyl groups excluding tert-OH is 1. The van der Waals surface area contributed by atoms with Crippen molar-refractivity contribution in [3.8, 4) is 0 Å². The fourth-order valence-electron chi connectivity index (χ4n) is 3.39. The van der Waals surface area contributed by atoms with Crippen LogP contribution in [0, 0.1) is 11.3 Å². The van der Waals surface area contributed by atoms with Crippen molar-refractivity contribution in [2.45, 2.75) is 25.3 Å². The van der Waals surface area contributed by atoms with Crippen LogP contribution in [-0.2, 0) is 4.79 Å². The number of piperidine rings is 1. The van der Waals surface area contributed by atoms with Gasteiger partial charge in [0.1, 0.15) is 0 Å². The molecule has 0 aromatic heterocycles. The molecule has 2 atom stereocenters. The Balaban J connectivity index is 1.61. The lowest BCUT2D eigenvalue weighted by molar-refractivity contribution is -0.124. The second-order valence-electron chi connectivity index (χ2n) is 6.02. The van der Waals surface area contributed by atoms with Crippen LogP contribution in [0.25, 0.3) is 0 Å². The topological polar surface area (TPSA) is 61.4 Å². The van der Waals surface area contributed by atoms with E-state index in [-0.39, 0.29) is 29.9 Å². The van der Waals surface area contributed by atoms with Gasteiger partial charge in [-0.1, -0.05) is 30.3 Å². The first-order valence-corrected chi connectivity index (χ1v) is 7.42. The molecule has 1 unspecified atom stereocenters. The van der Waals surface area contributed by atoms with E-state index < -0.39 is 0 Å². The van der Waals surface area contributed by atoms with Gasteiger partial charge < -0.3 is 15.7 Å². The molecule has 1 aromatic carbocycles. The van der Waals surface area contributed by atoms with Gasteiger partial charge >= 0.3 is 0 Å². The van der Waals surface area contributed by atoms with Crippen molar-refractivity contribution in [2.75, 3.05) is 19.7 Å². The highest BCUT2D eigenvalue weighted by Gasteiger charge is 2.57. The monoisotopic (exact) mass is 274 g/mol. The molecular weight excluding hydrogens is 252 g/mol. The van der Waals surface area contributed by atoms with Gasteiger partial charge in [-0.3, -0.25) is 4.79 Å². The fourth-order valence-corrected chi connectivity index (χ4v) is 3.39. The molecule has 0 bridgehead atoms. The van der Waals surface area contributed by atoms with Crippen molar-refractivity contribution >= 4 is 5.91 Å². The molecule has 4 heteroatoms. The minimum Gasteiger partial charge on any atom is -0.394 e.